The molecule has 2 aliphatic heterocycles. The number of carbonyl (C=O) groups is 5. The lowest BCUT2D eigenvalue weighted by Gasteiger charge is -2.55. The third kappa shape index (κ3) is 3.39. The Balaban J connectivity index is 1.51. The summed E-state index contributed by atoms with van der Waals surface area (Å²) in [6, 6.07) is 13.1. The summed E-state index contributed by atoms with van der Waals surface area (Å²) in [7, 11) is 3.03. The number of imide groups is 2. The zero-order chi connectivity index (χ0) is 29.4. The lowest BCUT2D eigenvalue weighted by atomic mass is 9.43. The Morgan fingerprint density at radius 1 is 0.732 bits per heavy atom. The molecule has 2 bridgehead atoms. The average Bonchev–Trinajstić information content (AvgIpc) is 3.39. The third-order valence-electron chi connectivity index (χ3n) is 9.34. The molecule has 41 heavy (non-hydrogen) atoms. The Bertz CT molecular complexity index is 1430. The molecule has 0 radical (unpaired) electrons. The molecule has 3 aliphatic carbocycles. The van der Waals surface area contributed by atoms with Crippen molar-refractivity contribution in [3.8, 4) is 11.5 Å². The van der Waals surface area contributed by atoms with Gasteiger partial charge in [0.25, 0.3) is 0 Å². The predicted octanol–water partition coefficient (Wildman–Crippen LogP) is 3.14. The molecule has 2 aromatic carbocycles. The molecule has 0 spiro atoms. The van der Waals surface area contributed by atoms with Gasteiger partial charge in [0.05, 0.1) is 55.9 Å². The van der Waals surface area contributed by atoms with Crippen LogP contribution in [0.5, 0.6) is 11.5 Å². The first-order chi connectivity index (χ1) is 19.6. The second-order valence-electron chi connectivity index (χ2n) is 11.0. The normalized spacial score (nSPS) is 30.1. The van der Waals surface area contributed by atoms with Crippen LogP contribution in [0.1, 0.15) is 20.8 Å². The van der Waals surface area contributed by atoms with E-state index in [2.05, 4.69) is 0 Å². The number of ether oxygens (including phenoxy) is 3. The van der Waals surface area contributed by atoms with E-state index in [-0.39, 0.29) is 12.2 Å². The smallest absolute Gasteiger partial charge is 0.334 e. The number of esters is 1. The number of nitrogens with zero attached hydrogens (tertiary/aromatic N) is 2. The first kappa shape index (κ1) is 26.7. The molecule has 2 unspecified atom stereocenters. The Kier molecular flexibility index (Phi) is 6.06. The van der Waals surface area contributed by atoms with Gasteiger partial charge < -0.3 is 14.2 Å². The van der Waals surface area contributed by atoms with Crippen molar-refractivity contribution in [2.75, 3.05) is 30.6 Å². The van der Waals surface area contributed by atoms with E-state index >= 15 is 0 Å². The number of amides is 4. The van der Waals surface area contributed by atoms with Crippen molar-refractivity contribution in [3.63, 3.8) is 0 Å². The first-order valence-electron chi connectivity index (χ1n) is 13.5. The molecule has 4 amide bonds. The highest BCUT2D eigenvalue weighted by molar-refractivity contribution is 6.27. The molecule has 3 fully saturated rings. The highest BCUT2D eigenvalue weighted by atomic mass is 16.5. The van der Waals surface area contributed by atoms with Gasteiger partial charge in [0, 0.05) is 16.9 Å². The molecule has 1 saturated carbocycles. The summed E-state index contributed by atoms with van der Waals surface area (Å²) >= 11 is 0. The van der Waals surface area contributed by atoms with Crippen LogP contribution in [0.2, 0.25) is 0 Å². The molecule has 10 heteroatoms. The van der Waals surface area contributed by atoms with Crippen molar-refractivity contribution in [3.05, 3.63) is 59.7 Å². The van der Waals surface area contributed by atoms with Gasteiger partial charge in [-0.15, -0.1) is 0 Å². The molecule has 2 heterocycles. The minimum absolute atomic E-state index is 0.0915. The van der Waals surface area contributed by atoms with Crippen molar-refractivity contribution in [1.29, 1.82) is 0 Å². The van der Waals surface area contributed by atoms with E-state index in [1.54, 1.807) is 69.3 Å². The summed E-state index contributed by atoms with van der Waals surface area (Å²) in [6.45, 7) is 5.14. The van der Waals surface area contributed by atoms with E-state index in [1.807, 2.05) is 0 Å². The van der Waals surface area contributed by atoms with Gasteiger partial charge >= 0.3 is 5.97 Å². The van der Waals surface area contributed by atoms with Crippen LogP contribution in [-0.4, -0.2) is 50.4 Å². The van der Waals surface area contributed by atoms with Crippen LogP contribution >= 0.6 is 0 Å². The molecule has 0 N–H and O–H groups in total. The largest absolute Gasteiger partial charge is 0.497 e. The van der Waals surface area contributed by atoms with E-state index < -0.39 is 64.6 Å². The lowest BCUT2D eigenvalue weighted by molar-refractivity contribution is -0.155. The monoisotopic (exact) mass is 558 g/mol. The quantitative estimate of drug-likeness (QED) is 0.392. The maximum absolute atomic E-state index is 14.2. The van der Waals surface area contributed by atoms with Crippen molar-refractivity contribution in [1.82, 2.24) is 0 Å². The molecular weight excluding hydrogens is 528 g/mol. The lowest BCUT2D eigenvalue weighted by Crippen LogP contribution is -2.61. The Hall–Kier alpha value is -4.47. The maximum Gasteiger partial charge on any atom is 0.334 e. The van der Waals surface area contributed by atoms with Gasteiger partial charge in [0.15, 0.2) is 0 Å². The van der Waals surface area contributed by atoms with Crippen LogP contribution in [0.25, 0.3) is 0 Å². The van der Waals surface area contributed by atoms with Crippen LogP contribution in [0, 0.1) is 35.0 Å². The van der Waals surface area contributed by atoms with E-state index in [1.165, 1.54) is 14.2 Å². The van der Waals surface area contributed by atoms with Crippen LogP contribution in [0.4, 0.5) is 11.4 Å². The zero-order valence-corrected chi connectivity index (χ0v) is 23.4. The van der Waals surface area contributed by atoms with E-state index in [0.29, 0.717) is 28.4 Å². The summed E-state index contributed by atoms with van der Waals surface area (Å²) in [6.07, 6.45) is 0. The predicted molar refractivity (Wildman–Crippen MR) is 146 cm³/mol. The van der Waals surface area contributed by atoms with Crippen molar-refractivity contribution < 1.29 is 38.2 Å². The molecule has 10 nitrogen and oxygen atoms in total. The summed E-state index contributed by atoms with van der Waals surface area (Å²) in [5.74, 6) is -6.15. The Morgan fingerprint density at radius 2 is 1.15 bits per heavy atom. The zero-order valence-electron chi connectivity index (χ0n) is 23.4. The van der Waals surface area contributed by atoms with Gasteiger partial charge in [-0.2, -0.15) is 0 Å². The molecule has 212 valence electrons. The van der Waals surface area contributed by atoms with Gasteiger partial charge in [-0.25, -0.2) is 4.79 Å². The average molecular weight is 559 g/mol. The summed E-state index contributed by atoms with van der Waals surface area (Å²) in [5.41, 5.74) is -0.0128. The number of carbonyl (C=O) groups excluding carboxylic acids is 5. The second-order valence-corrected chi connectivity index (χ2v) is 11.0. The topological polar surface area (TPSA) is 120 Å². The van der Waals surface area contributed by atoms with Crippen LogP contribution in [0.15, 0.2) is 59.7 Å². The van der Waals surface area contributed by atoms with E-state index in [4.69, 9.17) is 14.2 Å². The summed E-state index contributed by atoms with van der Waals surface area (Å²) in [5, 5.41) is 0. The Morgan fingerprint density at radius 3 is 1.51 bits per heavy atom. The fraction of sp³-hybridized carbons (Fsp3) is 0.387. The summed E-state index contributed by atoms with van der Waals surface area (Å²) < 4.78 is 15.9. The van der Waals surface area contributed by atoms with Crippen LogP contribution in [-0.2, 0) is 28.7 Å². The first-order valence-corrected chi connectivity index (χ1v) is 13.5. The number of hydrogen-bond acceptors (Lipinski definition) is 8. The van der Waals surface area contributed by atoms with Crippen molar-refractivity contribution in [2.45, 2.75) is 20.8 Å². The maximum atomic E-state index is 14.2. The molecule has 6 atom stereocenters. The number of allylic oxidation sites excluding steroid dienone is 1. The van der Waals surface area contributed by atoms with Gasteiger partial charge in [-0.05, 0) is 62.4 Å². The highest BCUT2D eigenvalue weighted by Crippen LogP contribution is 2.68. The van der Waals surface area contributed by atoms with Crippen LogP contribution in [0.3, 0.4) is 0 Å². The molecule has 5 aliphatic rings. The second kappa shape index (κ2) is 9.29. The van der Waals surface area contributed by atoms with Gasteiger partial charge in [-0.1, -0.05) is 12.5 Å². The number of hydrogen-bond donors (Lipinski definition) is 0. The van der Waals surface area contributed by atoms with E-state index in [0.717, 1.165) is 9.80 Å². The van der Waals surface area contributed by atoms with Gasteiger partial charge in [-0.3, -0.25) is 29.0 Å². The van der Waals surface area contributed by atoms with Crippen molar-refractivity contribution in [2.24, 2.45) is 35.0 Å². The molecular formula is C31H30N2O8. The minimum Gasteiger partial charge on any atom is -0.497 e. The Labute approximate surface area is 236 Å². The number of benzene rings is 2. The highest BCUT2D eigenvalue weighted by Gasteiger charge is 2.77. The third-order valence-corrected chi connectivity index (χ3v) is 9.34. The standard InChI is InChI=1S/C31H30N2O8/c1-6-41-30(38)23-15(2)20-21-24(28(36)32(26(21)34)16-7-11-18(39-4)12-8-16)31(23,3)25-22(20)27(35)33(29(25)37)17-9-13-19(40-5)14-10-17/h7-14,20-22,24-25H,6H2,1-5H3/t20?,21-,22+,24-,25-,31?/m0/s1. The number of methoxy groups -OCH3 is 2. The minimum atomic E-state index is -1.46. The molecule has 2 aromatic rings. The fourth-order valence-corrected chi connectivity index (χ4v) is 7.78. The molecule has 7 rings (SSSR count). The molecule has 2 saturated heterocycles. The SMILES string of the molecule is CCOC(=O)C1=C(C)C2[C@H]3C(=O)N(c4ccc(OC)cc4)C(=O)[C@H]3C1(C)[C@@H]1C(=O)N(c3ccc(OC)cc3)C(=O)[C@@H]21. The number of rotatable bonds is 6. The van der Waals surface area contributed by atoms with E-state index in [9.17, 15) is 24.0 Å². The van der Waals surface area contributed by atoms with Crippen LogP contribution < -0.4 is 19.3 Å². The number of anilines is 2. The van der Waals surface area contributed by atoms with Gasteiger partial charge in [0.2, 0.25) is 23.6 Å². The molecule has 0 aromatic heterocycles. The fourth-order valence-electron chi connectivity index (χ4n) is 7.78. The van der Waals surface area contributed by atoms with Gasteiger partial charge in [0.1, 0.15) is 11.5 Å². The summed E-state index contributed by atoms with van der Waals surface area (Å²) in [4.78, 5) is 72.3. The van der Waals surface area contributed by atoms with Crippen molar-refractivity contribution >= 4 is 41.0 Å².